The molecule has 2 atom stereocenters. The first kappa shape index (κ1) is 22.0. The first-order chi connectivity index (χ1) is 14.5. The molecule has 0 aromatic heterocycles. The van der Waals surface area contributed by atoms with Gasteiger partial charge in [0.1, 0.15) is 6.10 Å². The van der Waals surface area contributed by atoms with Crippen molar-refractivity contribution in [3.05, 3.63) is 64.1 Å². The molecule has 0 radical (unpaired) electrons. The third-order valence-electron chi connectivity index (χ3n) is 4.77. The second-order valence-corrected chi connectivity index (χ2v) is 7.85. The van der Waals surface area contributed by atoms with Gasteiger partial charge in [0.2, 0.25) is 0 Å². The predicted molar refractivity (Wildman–Crippen MR) is 115 cm³/mol. The molecular weight excluding hydrogens is 452 g/mol. The van der Waals surface area contributed by atoms with E-state index in [2.05, 4.69) is 26.6 Å². The number of halogens is 1. The summed E-state index contributed by atoms with van der Waals surface area (Å²) in [6, 6.07) is 13.4. The van der Waals surface area contributed by atoms with Crippen LogP contribution in [0.25, 0.3) is 0 Å². The van der Waals surface area contributed by atoms with Crippen LogP contribution in [0.1, 0.15) is 41.2 Å². The summed E-state index contributed by atoms with van der Waals surface area (Å²) in [5, 5.41) is 5.67. The summed E-state index contributed by atoms with van der Waals surface area (Å²) in [6.45, 7) is 0.581. The predicted octanol–water partition coefficient (Wildman–Crippen LogP) is 3.60. The molecule has 7 nitrogen and oxygen atoms in total. The molecule has 2 N–H and O–H groups in total. The molecule has 158 valence electrons. The summed E-state index contributed by atoms with van der Waals surface area (Å²) in [4.78, 5) is 37.0. The van der Waals surface area contributed by atoms with Crippen molar-refractivity contribution in [3.63, 3.8) is 0 Å². The quantitative estimate of drug-likeness (QED) is 0.597. The smallest absolute Gasteiger partial charge is 0.307 e. The fraction of sp³-hybridized carbons (Fsp3) is 0.318. The maximum Gasteiger partial charge on any atom is 0.307 e. The fourth-order valence-electron chi connectivity index (χ4n) is 3.21. The van der Waals surface area contributed by atoms with Crippen LogP contribution in [0.4, 0.5) is 5.69 Å². The molecule has 2 unspecified atom stereocenters. The lowest BCUT2D eigenvalue weighted by Crippen LogP contribution is -2.31. The summed E-state index contributed by atoms with van der Waals surface area (Å²) in [6.07, 6.45) is 1.09. The van der Waals surface area contributed by atoms with E-state index in [1.54, 1.807) is 24.3 Å². The number of anilines is 1. The van der Waals surface area contributed by atoms with Gasteiger partial charge in [-0.05, 0) is 48.7 Å². The van der Waals surface area contributed by atoms with Crippen LogP contribution in [0.5, 0.6) is 0 Å². The zero-order valence-corrected chi connectivity index (χ0v) is 18.1. The van der Waals surface area contributed by atoms with Crippen LogP contribution >= 0.6 is 15.9 Å². The number of hydrogen-bond donors (Lipinski definition) is 2. The van der Waals surface area contributed by atoms with Crippen molar-refractivity contribution in [1.29, 1.82) is 0 Å². The summed E-state index contributed by atoms with van der Waals surface area (Å²) >= 11 is 3.41. The number of hydrogen-bond acceptors (Lipinski definition) is 5. The van der Waals surface area contributed by atoms with E-state index in [1.165, 1.54) is 7.11 Å². The van der Waals surface area contributed by atoms with Crippen LogP contribution in [0.15, 0.2) is 53.0 Å². The minimum Gasteiger partial charge on any atom is -0.469 e. The van der Waals surface area contributed by atoms with Gasteiger partial charge in [0, 0.05) is 22.3 Å². The number of benzene rings is 2. The van der Waals surface area contributed by atoms with Gasteiger partial charge in [0.25, 0.3) is 11.8 Å². The molecule has 0 aliphatic carbocycles. The van der Waals surface area contributed by atoms with E-state index in [0.717, 1.165) is 16.5 Å². The highest BCUT2D eigenvalue weighted by Gasteiger charge is 2.24. The zero-order valence-electron chi connectivity index (χ0n) is 16.5. The molecule has 1 aliphatic heterocycles. The third kappa shape index (κ3) is 5.90. The lowest BCUT2D eigenvalue weighted by atomic mass is 10.0. The van der Waals surface area contributed by atoms with E-state index in [0.29, 0.717) is 24.3 Å². The van der Waals surface area contributed by atoms with Gasteiger partial charge in [-0.15, -0.1) is 0 Å². The van der Waals surface area contributed by atoms with E-state index in [-0.39, 0.29) is 18.2 Å². The van der Waals surface area contributed by atoms with Crippen molar-refractivity contribution >= 4 is 39.4 Å². The van der Waals surface area contributed by atoms with Crippen molar-refractivity contribution in [3.8, 4) is 0 Å². The number of rotatable bonds is 7. The van der Waals surface area contributed by atoms with Crippen LogP contribution in [0, 0.1) is 0 Å². The standard InChI is InChI=1S/C22H23BrN2O5/c1-29-20(26)13-18(14-5-2-7-16(23)11-14)25-21(27)15-6-3-8-17(12-15)24-22(28)19-9-4-10-30-19/h2-3,5-8,11-12,18-19H,4,9-10,13H2,1H3,(H,24,28)(H,25,27). The van der Waals surface area contributed by atoms with Crippen LogP contribution in [-0.2, 0) is 19.1 Å². The zero-order chi connectivity index (χ0) is 21.5. The van der Waals surface area contributed by atoms with Gasteiger partial charge in [-0.25, -0.2) is 0 Å². The Bertz CT molecular complexity index is 927. The van der Waals surface area contributed by atoms with Gasteiger partial charge in [-0.2, -0.15) is 0 Å². The number of carbonyl (C=O) groups excluding carboxylic acids is 3. The molecule has 30 heavy (non-hydrogen) atoms. The highest BCUT2D eigenvalue weighted by atomic mass is 79.9. The molecule has 2 aromatic rings. The van der Waals surface area contributed by atoms with E-state index in [1.807, 2.05) is 24.3 Å². The molecule has 1 saturated heterocycles. The van der Waals surface area contributed by atoms with Gasteiger partial charge >= 0.3 is 5.97 Å². The van der Waals surface area contributed by atoms with Gasteiger partial charge in [-0.3, -0.25) is 14.4 Å². The average Bonchev–Trinajstić information content (AvgIpc) is 3.28. The van der Waals surface area contributed by atoms with Crippen LogP contribution in [0.2, 0.25) is 0 Å². The van der Waals surface area contributed by atoms with Gasteiger partial charge in [0.15, 0.2) is 0 Å². The van der Waals surface area contributed by atoms with E-state index < -0.39 is 18.1 Å². The number of methoxy groups -OCH3 is 1. The lowest BCUT2D eigenvalue weighted by molar-refractivity contribution is -0.141. The molecule has 0 bridgehead atoms. The summed E-state index contributed by atoms with van der Waals surface area (Å²) < 4.78 is 11.0. The van der Waals surface area contributed by atoms with Crippen molar-refractivity contribution in [1.82, 2.24) is 5.32 Å². The highest BCUT2D eigenvalue weighted by Crippen LogP contribution is 2.23. The number of esters is 1. The molecule has 0 spiro atoms. The number of amides is 2. The van der Waals surface area contributed by atoms with Crippen molar-refractivity contribution in [2.24, 2.45) is 0 Å². The summed E-state index contributed by atoms with van der Waals surface area (Å²) in [7, 11) is 1.31. The molecular formula is C22H23BrN2O5. The number of carbonyl (C=O) groups is 3. The normalized spacial score (nSPS) is 16.5. The largest absolute Gasteiger partial charge is 0.469 e. The summed E-state index contributed by atoms with van der Waals surface area (Å²) in [5.41, 5.74) is 1.64. The molecule has 3 rings (SSSR count). The molecule has 1 fully saturated rings. The van der Waals surface area contributed by atoms with E-state index in [9.17, 15) is 14.4 Å². The SMILES string of the molecule is COC(=O)CC(NC(=O)c1cccc(NC(=O)C2CCCO2)c1)c1cccc(Br)c1. The Hall–Kier alpha value is -2.71. The monoisotopic (exact) mass is 474 g/mol. The van der Waals surface area contributed by atoms with Crippen LogP contribution < -0.4 is 10.6 Å². The maximum absolute atomic E-state index is 12.9. The second kappa shape index (κ2) is 10.4. The molecule has 2 amide bonds. The fourth-order valence-corrected chi connectivity index (χ4v) is 3.63. The molecule has 0 saturated carbocycles. The Morgan fingerprint density at radius 1 is 1.20 bits per heavy atom. The van der Waals surface area contributed by atoms with Gasteiger partial charge in [0.05, 0.1) is 19.6 Å². The highest BCUT2D eigenvalue weighted by molar-refractivity contribution is 9.10. The Balaban J connectivity index is 1.73. The molecule has 8 heteroatoms. The Morgan fingerprint density at radius 2 is 2.00 bits per heavy atom. The Labute approximate surface area is 183 Å². The molecule has 2 aromatic carbocycles. The minimum absolute atomic E-state index is 0.00581. The van der Waals surface area contributed by atoms with Gasteiger partial charge in [-0.1, -0.05) is 34.1 Å². The van der Waals surface area contributed by atoms with Gasteiger partial charge < -0.3 is 20.1 Å². The topological polar surface area (TPSA) is 93.7 Å². The minimum atomic E-state index is -0.562. The second-order valence-electron chi connectivity index (χ2n) is 6.93. The van der Waals surface area contributed by atoms with E-state index in [4.69, 9.17) is 9.47 Å². The molecule has 1 aliphatic rings. The number of ether oxygens (including phenoxy) is 2. The average molecular weight is 475 g/mol. The Kier molecular flexibility index (Phi) is 7.59. The first-order valence-corrected chi connectivity index (χ1v) is 10.4. The van der Waals surface area contributed by atoms with E-state index >= 15 is 0 Å². The number of nitrogens with one attached hydrogen (secondary N) is 2. The lowest BCUT2D eigenvalue weighted by Gasteiger charge is -2.19. The van der Waals surface area contributed by atoms with Crippen LogP contribution in [-0.4, -0.2) is 37.6 Å². The van der Waals surface area contributed by atoms with Crippen molar-refractivity contribution < 1.29 is 23.9 Å². The summed E-state index contributed by atoms with van der Waals surface area (Å²) in [5.74, 6) is -1.02. The van der Waals surface area contributed by atoms with Crippen LogP contribution in [0.3, 0.4) is 0 Å². The first-order valence-electron chi connectivity index (χ1n) is 9.62. The maximum atomic E-state index is 12.9. The third-order valence-corrected chi connectivity index (χ3v) is 5.26. The Morgan fingerprint density at radius 3 is 2.70 bits per heavy atom. The van der Waals surface area contributed by atoms with Crippen molar-refractivity contribution in [2.75, 3.05) is 19.0 Å². The van der Waals surface area contributed by atoms with Crippen molar-refractivity contribution in [2.45, 2.75) is 31.4 Å². The molecule has 1 heterocycles.